The number of nitrogens with one attached hydrogen (secondary N) is 2. The van der Waals surface area contributed by atoms with Gasteiger partial charge in [0.1, 0.15) is 0 Å². The lowest BCUT2D eigenvalue weighted by atomic mass is 9.99. The van der Waals surface area contributed by atoms with E-state index in [2.05, 4.69) is 65.7 Å². The van der Waals surface area contributed by atoms with E-state index in [0.717, 1.165) is 19.0 Å². The van der Waals surface area contributed by atoms with Crippen molar-refractivity contribution in [3.63, 3.8) is 0 Å². The lowest BCUT2D eigenvalue weighted by Gasteiger charge is -2.22. The molecule has 1 aromatic carbocycles. The van der Waals surface area contributed by atoms with E-state index in [4.69, 9.17) is 0 Å². The smallest absolute Gasteiger partial charge is 0.191 e. The molecule has 5 heteroatoms. The van der Waals surface area contributed by atoms with Crippen LogP contribution in [0.2, 0.25) is 0 Å². The third kappa shape index (κ3) is 6.30. The van der Waals surface area contributed by atoms with Gasteiger partial charge in [0.05, 0.1) is 0 Å². The summed E-state index contributed by atoms with van der Waals surface area (Å²) < 4.78 is 0. The lowest BCUT2D eigenvalue weighted by Crippen LogP contribution is -2.44. The molecule has 0 radical (unpaired) electrons. The Kier molecular flexibility index (Phi) is 8.91. The van der Waals surface area contributed by atoms with Gasteiger partial charge in [-0.05, 0) is 44.8 Å². The maximum Gasteiger partial charge on any atom is 0.191 e. The van der Waals surface area contributed by atoms with Gasteiger partial charge < -0.3 is 15.5 Å². The Hall–Kier alpha value is -0.820. The molecule has 23 heavy (non-hydrogen) atoms. The number of likely N-dealkylation sites (N-methyl/N-ethyl adjacent to an activating group) is 1. The van der Waals surface area contributed by atoms with Gasteiger partial charge in [-0.25, -0.2) is 0 Å². The molecule has 0 spiro atoms. The van der Waals surface area contributed by atoms with Crippen LogP contribution in [0.4, 0.5) is 0 Å². The van der Waals surface area contributed by atoms with Gasteiger partial charge in [0, 0.05) is 26.2 Å². The first-order valence-electron chi connectivity index (χ1n) is 8.31. The first-order chi connectivity index (χ1) is 10.6. The molecular formula is C18H31IN4. The molecule has 1 aliphatic rings. The standard InChI is InChI=1S/C18H30N4.HI/c1-14-7-5-8-16(11-14)15(2)12-20-18(19-3)21-13-17-9-6-10-22(17)4;/h5,7-8,11,15,17H,6,9-10,12-13H2,1-4H3,(H2,19,20,21);1H. The van der Waals surface area contributed by atoms with Gasteiger partial charge in [-0.3, -0.25) is 4.99 Å². The molecule has 0 saturated carbocycles. The molecule has 0 amide bonds. The molecule has 1 aromatic rings. The van der Waals surface area contributed by atoms with Gasteiger partial charge >= 0.3 is 0 Å². The van der Waals surface area contributed by atoms with Crippen molar-refractivity contribution in [1.29, 1.82) is 0 Å². The highest BCUT2D eigenvalue weighted by atomic mass is 127. The molecule has 4 nitrogen and oxygen atoms in total. The number of aliphatic imine (C=N–C) groups is 1. The number of aryl methyl sites for hydroxylation is 1. The van der Waals surface area contributed by atoms with Crippen LogP contribution in [0.3, 0.4) is 0 Å². The van der Waals surface area contributed by atoms with E-state index in [1.54, 1.807) is 0 Å². The number of nitrogens with zero attached hydrogens (tertiary/aromatic N) is 2. The summed E-state index contributed by atoms with van der Waals surface area (Å²) in [5.74, 6) is 1.37. The molecule has 1 heterocycles. The third-order valence-electron chi connectivity index (χ3n) is 4.59. The quantitative estimate of drug-likeness (QED) is 0.429. The fourth-order valence-corrected chi connectivity index (χ4v) is 3.02. The zero-order valence-corrected chi connectivity index (χ0v) is 17.1. The molecule has 130 valence electrons. The van der Waals surface area contributed by atoms with Gasteiger partial charge in [-0.2, -0.15) is 0 Å². The Morgan fingerprint density at radius 3 is 2.78 bits per heavy atom. The molecular weight excluding hydrogens is 399 g/mol. The summed E-state index contributed by atoms with van der Waals surface area (Å²) in [4.78, 5) is 6.76. The predicted octanol–water partition coefficient (Wildman–Crippen LogP) is 2.98. The Morgan fingerprint density at radius 2 is 2.17 bits per heavy atom. The first kappa shape index (κ1) is 20.2. The summed E-state index contributed by atoms with van der Waals surface area (Å²) >= 11 is 0. The number of rotatable bonds is 5. The van der Waals surface area contributed by atoms with Gasteiger partial charge in [-0.1, -0.05) is 36.8 Å². The van der Waals surface area contributed by atoms with Crippen LogP contribution in [0, 0.1) is 6.92 Å². The minimum Gasteiger partial charge on any atom is -0.356 e. The molecule has 1 fully saturated rings. The number of halogens is 1. The summed E-state index contributed by atoms with van der Waals surface area (Å²) in [6.07, 6.45) is 2.58. The summed E-state index contributed by atoms with van der Waals surface area (Å²) in [5.41, 5.74) is 2.69. The zero-order chi connectivity index (χ0) is 15.9. The molecule has 0 aliphatic carbocycles. The molecule has 1 saturated heterocycles. The van der Waals surface area contributed by atoms with E-state index in [0.29, 0.717) is 12.0 Å². The Morgan fingerprint density at radius 1 is 1.39 bits per heavy atom. The molecule has 2 unspecified atom stereocenters. The fourth-order valence-electron chi connectivity index (χ4n) is 3.02. The van der Waals surface area contributed by atoms with Crippen molar-refractivity contribution >= 4 is 29.9 Å². The van der Waals surface area contributed by atoms with Crippen LogP contribution >= 0.6 is 24.0 Å². The maximum atomic E-state index is 4.33. The number of hydrogen-bond acceptors (Lipinski definition) is 2. The molecule has 1 aliphatic heterocycles. The van der Waals surface area contributed by atoms with E-state index in [1.807, 2.05) is 7.05 Å². The Labute approximate surface area is 158 Å². The summed E-state index contributed by atoms with van der Waals surface area (Å²) in [6, 6.07) is 9.36. The van der Waals surface area contributed by atoms with Crippen LogP contribution in [-0.2, 0) is 0 Å². The van der Waals surface area contributed by atoms with Crippen molar-refractivity contribution in [1.82, 2.24) is 15.5 Å². The van der Waals surface area contributed by atoms with E-state index < -0.39 is 0 Å². The number of guanidine groups is 1. The van der Waals surface area contributed by atoms with Crippen LogP contribution in [0.25, 0.3) is 0 Å². The highest BCUT2D eigenvalue weighted by Gasteiger charge is 2.20. The minimum atomic E-state index is 0. The maximum absolute atomic E-state index is 4.33. The van der Waals surface area contributed by atoms with Crippen LogP contribution in [0.5, 0.6) is 0 Å². The number of likely N-dealkylation sites (tertiary alicyclic amines) is 1. The Balaban J connectivity index is 0.00000264. The third-order valence-corrected chi connectivity index (χ3v) is 4.59. The van der Waals surface area contributed by atoms with Crippen molar-refractivity contribution in [3.05, 3.63) is 35.4 Å². The SMILES string of the molecule is CN=C(NCC(C)c1cccc(C)c1)NCC1CCCN1C.I. The number of hydrogen-bond donors (Lipinski definition) is 2. The number of benzene rings is 1. The molecule has 2 atom stereocenters. The summed E-state index contributed by atoms with van der Waals surface area (Å²) in [6.45, 7) is 7.46. The van der Waals surface area contributed by atoms with E-state index in [-0.39, 0.29) is 24.0 Å². The second-order valence-electron chi connectivity index (χ2n) is 6.43. The molecule has 0 aromatic heterocycles. The Bertz CT molecular complexity index is 504. The average molecular weight is 430 g/mol. The minimum absolute atomic E-state index is 0. The van der Waals surface area contributed by atoms with Gasteiger partial charge in [0.25, 0.3) is 0 Å². The van der Waals surface area contributed by atoms with E-state index >= 15 is 0 Å². The van der Waals surface area contributed by atoms with E-state index in [9.17, 15) is 0 Å². The summed E-state index contributed by atoms with van der Waals surface area (Å²) in [7, 11) is 4.04. The zero-order valence-electron chi connectivity index (χ0n) is 14.8. The highest BCUT2D eigenvalue weighted by molar-refractivity contribution is 14.0. The second-order valence-corrected chi connectivity index (χ2v) is 6.43. The van der Waals surface area contributed by atoms with Crippen LogP contribution in [0.15, 0.2) is 29.3 Å². The normalized spacial score (nSPS) is 20.0. The van der Waals surface area contributed by atoms with Crippen molar-refractivity contribution in [2.45, 2.75) is 38.6 Å². The van der Waals surface area contributed by atoms with Crippen molar-refractivity contribution in [2.24, 2.45) is 4.99 Å². The highest BCUT2D eigenvalue weighted by Crippen LogP contribution is 2.15. The van der Waals surface area contributed by atoms with Crippen LogP contribution in [0.1, 0.15) is 36.8 Å². The lowest BCUT2D eigenvalue weighted by molar-refractivity contribution is 0.309. The van der Waals surface area contributed by atoms with Crippen LogP contribution in [-0.4, -0.2) is 50.6 Å². The van der Waals surface area contributed by atoms with Gasteiger partial charge in [0.15, 0.2) is 5.96 Å². The largest absolute Gasteiger partial charge is 0.356 e. The topological polar surface area (TPSA) is 39.7 Å². The molecule has 0 bridgehead atoms. The van der Waals surface area contributed by atoms with Gasteiger partial charge in [-0.15, -0.1) is 24.0 Å². The monoisotopic (exact) mass is 430 g/mol. The van der Waals surface area contributed by atoms with Crippen molar-refractivity contribution in [2.75, 3.05) is 33.7 Å². The van der Waals surface area contributed by atoms with Crippen molar-refractivity contribution < 1.29 is 0 Å². The van der Waals surface area contributed by atoms with E-state index in [1.165, 1.54) is 30.5 Å². The first-order valence-corrected chi connectivity index (χ1v) is 8.31. The summed E-state index contributed by atoms with van der Waals surface area (Å²) in [5, 5.41) is 6.90. The molecule has 2 rings (SSSR count). The van der Waals surface area contributed by atoms with Crippen molar-refractivity contribution in [3.8, 4) is 0 Å². The predicted molar refractivity (Wildman–Crippen MR) is 110 cm³/mol. The fraction of sp³-hybridized carbons (Fsp3) is 0.611. The second kappa shape index (κ2) is 10.1. The molecule has 2 N–H and O–H groups in total. The average Bonchev–Trinajstić information content (AvgIpc) is 2.92. The van der Waals surface area contributed by atoms with Crippen LogP contribution < -0.4 is 10.6 Å². The van der Waals surface area contributed by atoms with Gasteiger partial charge in [0.2, 0.25) is 0 Å².